The molecule has 0 spiro atoms. The van der Waals surface area contributed by atoms with Gasteiger partial charge < -0.3 is 30.7 Å². The maximum absolute atomic E-state index is 6.53. The van der Waals surface area contributed by atoms with Gasteiger partial charge in [-0.15, -0.1) is 0 Å². The lowest BCUT2D eigenvalue weighted by Gasteiger charge is -2.23. The van der Waals surface area contributed by atoms with Crippen LogP contribution in [0, 0.1) is 0 Å². The normalized spacial score (nSPS) is 11.1. The highest BCUT2D eigenvalue weighted by Gasteiger charge is 2.11. The maximum atomic E-state index is 6.53. The molecule has 4 N–H and O–H groups in total. The molecule has 0 saturated carbocycles. The van der Waals surface area contributed by atoms with Crippen molar-refractivity contribution in [1.82, 2.24) is 0 Å². The van der Waals surface area contributed by atoms with E-state index in [1.165, 1.54) is 0 Å². The Morgan fingerprint density at radius 2 is 0.667 bits per heavy atom. The number of benzene rings is 7. The Hall–Kier alpha value is -7.18. The first-order valence-corrected chi connectivity index (χ1v) is 18.0. The molecule has 0 aliphatic carbocycles. The largest absolute Gasteiger partial charge is 0.482 e. The van der Waals surface area contributed by atoms with Crippen LogP contribution < -0.4 is 30.7 Å². The lowest BCUT2D eigenvalue weighted by molar-refractivity contribution is 0.257. The summed E-state index contributed by atoms with van der Waals surface area (Å²) in [6.45, 7) is 0. The minimum atomic E-state index is -0.510. The summed E-state index contributed by atoms with van der Waals surface area (Å²) < 4.78 is 12.9. The maximum Gasteiger partial charge on any atom is 0.248 e. The molecule has 0 heterocycles. The van der Waals surface area contributed by atoms with Crippen LogP contribution >= 0.6 is 0 Å². The molecule has 266 valence electrons. The predicted octanol–water partition coefficient (Wildman–Crippen LogP) is 12.2. The summed E-state index contributed by atoms with van der Waals surface area (Å²) >= 11 is 0. The van der Waals surface area contributed by atoms with Crippen LogP contribution in [0.1, 0.15) is 11.1 Å². The van der Waals surface area contributed by atoms with Gasteiger partial charge in [-0.3, -0.25) is 0 Å². The van der Waals surface area contributed by atoms with E-state index in [1.807, 2.05) is 121 Å². The minimum Gasteiger partial charge on any atom is -0.482 e. The van der Waals surface area contributed by atoms with Gasteiger partial charge in [-0.1, -0.05) is 109 Å². The van der Waals surface area contributed by atoms with Gasteiger partial charge in [0.2, 0.25) is 6.35 Å². The summed E-state index contributed by atoms with van der Waals surface area (Å²) in [5, 5.41) is 13.7. The third kappa shape index (κ3) is 10.9. The van der Waals surface area contributed by atoms with E-state index < -0.39 is 6.35 Å². The second kappa shape index (κ2) is 18.4. The Kier molecular flexibility index (Phi) is 12.0. The molecule has 0 unspecified atom stereocenters. The lowest BCUT2D eigenvalue weighted by Crippen LogP contribution is -2.34. The highest BCUT2D eigenvalue weighted by Crippen LogP contribution is 2.24. The first-order chi connectivity index (χ1) is 26.7. The van der Waals surface area contributed by atoms with Crippen molar-refractivity contribution in [3.05, 3.63) is 217 Å². The van der Waals surface area contributed by atoms with Crippen molar-refractivity contribution in [1.29, 1.82) is 0 Å². The molecular formula is C48H42N4O2. The summed E-state index contributed by atoms with van der Waals surface area (Å²) in [6.07, 6.45) is 7.45. The molecule has 0 aliphatic heterocycles. The van der Waals surface area contributed by atoms with E-state index in [0.717, 1.165) is 51.0 Å². The highest BCUT2D eigenvalue weighted by molar-refractivity contribution is 5.64. The van der Waals surface area contributed by atoms with Crippen LogP contribution in [0.2, 0.25) is 0 Å². The molecule has 0 fully saturated rings. The first-order valence-electron chi connectivity index (χ1n) is 18.0. The Bertz CT molecular complexity index is 2060. The molecule has 7 aromatic rings. The topological polar surface area (TPSA) is 66.6 Å². The van der Waals surface area contributed by atoms with Crippen LogP contribution in [-0.4, -0.2) is 12.5 Å². The number of ether oxygens (including phenoxy) is 2. The average Bonchev–Trinajstić information content (AvgIpc) is 3.22. The fourth-order valence-electron chi connectivity index (χ4n) is 5.64. The van der Waals surface area contributed by atoms with Gasteiger partial charge in [0.25, 0.3) is 0 Å². The van der Waals surface area contributed by atoms with Crippen molar-refractivity contribution in [2.24, 2.45) is 0 Å². The van der Waals surface area contributed by atoms with Crippen molar-refractivity contribution in [2.75, 3.05) is 21.3 Å². The van der Waals surface area contributed by atoms with Gasteiger partial charge in [-0.25, -0.2) is 0 Å². The minimum absolute atomic E-state index is 0.340. The molecule has 7 aromatic carbocycles. The molecular weight excluding hydrogens is 665 g/mol. The Labute approximate surface area is 317 Å². The van der Waals surface area contributed by atoms with Gasteiger partial charge in [-0.05, 0) is 120 Å². The molecule has 0 atom stereocenters. The van der Waals surface area contributed by atoms with Crippen LogP contribution in [0.25, 0.3) is 12.2 Å². The Morgan fingerprint density at radius 3 is 1.06 bits per heavy atom. The first kappa shape index (κ1) is 35.2. The van der Waals surface area contributed by atoms with Gasteiger partial charge in [0.05, 0.1) is 0 Å². The van der Waals surface area contributed by atoms with Crippen LogP contribution in [0.5, 0.6) is 11.5 Å². The summed E-state index contributed by atoms with van der Waals surface area (Å²) in [6, 6.07) is 64.7. The van der Waals surface area contributed by atoms with Crippen molar-refractivity contribution in [2.45, 2.75) is 12.5 Å². The summed E-state index contributed by atoms with van der Waals surface area (Å²) in [4.78, 5) is 0. The number of anilines is 6. The van der Waals surface area contributed by atoms with Gasteiger partial charge in [-0.2, -0.15) is 0 Å². The molecule has 0 aromatic heterocycles. The third-order valence-corrected chi connectivity index (χ3v) is 8.40. The van der Waals surface area contributed by atoms with Gasteiger partial charge in [0.1, 0.15) is 17.6 Å². The molecule has 7 rings (SSSR count). The molecule has 6 heteroatoms. The van der Waals surface area contributed by atoms with E-state index in [1.54, 1.807) is 0 Å². The van der Waals surface area contributed by atoms with Crippen molar-refractivity contribution >= 4 is 46.3 Å². The molecule has 6 nitrogen and oxygen atoms in total. The number of hydrogen-bond donors (Lipinski definition) is 4. The molecule has 0 bridgehead atoms. The van der Waals surface area contributed by atoms with Crippen LogP contribution in [0.15, 0.2) is 206 Å². The Balaban J connectivity index is 1.05. The summed E-state index contributed by atoms with van der Waals surface area (Å²) in [5.74, 6) is 1.41. The van der Waals surface area contributed by atoms with E-state index in [2.05, 4.69) is 118 Å². The van der Waals surface area contributed by atoms with Gasteiger partial charge in [0.15, 0.2) is 0 Å². The molecule has 0 radical (unpaired) electrons. The van der Waals surface area contributed by atoms with E-state index in [9.17, 15) is 0 Å². The third-order valence-electron chi connectivity index (χ3n) is 8.40. The monoisotopic (exact) mass is 706 g/mol. The van der Waals surface area contributed by atoms with Crippen molar-refractivity contribution in [3.8, 4) is 11.5 Å². The van der Waals surface area contributed by atoms with E-state index in [-0.39, 0.29) is 6.10 Å². The van der Waals surface area contributed by atoms with Crippen LogP contribution in [-0.2, 0) is 0 Å². The molecule has 0 saturated heterocycles. The van der Waals surface area contributed by atoms with Crippen LogP contribution in [0.3, 0.4) is 0 Å². The number of nitrogens with one attached hydrogen (secondary N) is 4. The van der Waals surface area contributed by atoms with Gasteiger partial charge in [0, 0.05) is 34.1 Å². The zero-order chi connectivity index (χ0) is 36.6. The van der Waals surface area contributed by atoms with E-state index >= 15 is 0 Å². The predicted molar refractivity (Wildman–Crippen MR) is 226 cm³/mol. The van der Waals surface area contributed by atoms with E-state index in [0.29, 0.717) is 5.75 Å². The zero-order valence-corrected chi connectivity index (χ0v) is 29.8. The lowest BCUT2D eigenvalue weighted by atomic mass is 10.1. The number of hydrogen-bond acceptors (Lipinski definition) is 6. The summed E-state index contributed by atoms with van der Waals surface area (Å²) in [7, 11) is 0. The van der Waals surface area contributed by atoms with Crippen molar-refractivity contribution in [3.63, 3.8) is 0 Å². The highest BCUT2D eigenvalue weighted by atomic mass is 16.5. The van der Waals surface area contributed by atoms with E-state index in [4.69, 9.17) is 9.47 Å². The standard InChI is InChI=1S/C48H42N4O2/c1-5-13-39(14-6-1)49-43-27-21-37(22-28-43)25-31-45(32-26-38-23-29-44(30-24-38)50-40-15-7-2-8-16-40)53-46-33-35-47(36-34-46)54-48(51-41-17-9-3-10-18-41)52-42-19-11-4-12-20-42/h1-36,45,48-52H/b31-25+,32-26+. The number of para-hydroxylation sites is 4. The smallest absolute Gasteiger partial charge is 0.248 e. The van der Waals surface area contributed by atoms with Gasteiger partial charge >= 0.3 is 0 Å². The zero-order valence-electron chi connectivity index (χ0n) is 29.8. The van der Waals surface area contributed by atoms with Crippen molar-refractivity contribution < 1.29 is 9.47 Å². The Morgan fingerprint density at radius 1 is 0.333 bits per heavy atom. The second-order valence-electron chi connectivity index (χ2n) is 12.5. The van der Waals surface area contributed by atoms with Crippen LogP contribution in [0.4, 0.5) is 34.1 Å². The summed E-state index contributed by atoms with van der Waals surface area (Å²) in [5.41, 5.74) is 8.17. The molecule has 0 amide bonds. The molecule has 0 aliphatic rings. The number of rotatable bonds is 16. The average molecular weight is 707 g/mol. The second-order valence-corrected chi connectivity index (χ2v) is 12.5. The quantitative estimate of drug-likeness (QED) is 0.0750. The fourth-order valence-corrected chi connectivity index (χ4v) is 5.64. The molecule has 54 heavy (non-hydrogen) atoms. The fraction of sp³-hybridized carbons (Fsp3) is 0.0417. The SMILES string of the molecule is C(=C\C(/C=C/c1ccc(Nc2ccccc2)cc1)Oc1ccc(OC(Nc2ccccc2)Nc2ccccc2)cc1)/c1ccc(Nc2ccccc2)cc1.